The van der Waals surface area contributed by atoms with Gasteiger partial charge in [-0.05, 0) is 18.9 Å². The van der Waals surface area contributed by atoms with Crippen LogP contribution in [0.25, 0.3) is 10.9 Å². The van der Waals surface area contributed by atoms with Crippen LogP contribution < -0.4 is 24.2 Å². The van der Waals surface area contributed by atoms with E-state index in [1.54, 1.807) is 20.4 Å². The number of hydrogen-bond donors (Lipinski definition) is 2. The summed E-state index contributed by atoms with van der Waals surface area (Å²) in [4.78, 5) is 2.23. The minimum absolute atomic E-state index is 0.0659. The lowest BCUT2D eigenvalue weighted by Gasteiger charge is -2.59. The van der Waals surface area contributed by atoms with Crippen molar-refractivity contribution < 1.29 is 17.9 Å². The largest absolute Gasteiger partial charge is 0.493 e. The van der Waals surface area contributed by atoms with E-state index in [0.717, 1.165) is 42.5 Å². The lowest BCUT2D eigenvalue weighted by molar-refractivity contribution is 0.0592. The summed E-state index contributed by atoms with van der Waals surface area (Å²) in [6.45, 7) is 1.70. The van der Waals surface area contributed by atoms with Crippen LogP contribution in [-0.4, -0.2) is 52.0 Å². The average molecular weight is 379 g/mol. The van der Waals surface area contributed by atoms with Crippen LogP contribution in [0.2, 0.25) is 0 Å². The summed E-state index contributed by atoms with van der Waals surface area (Å²) in [6, 6.07) is 3.66. The summed E-state index contributed by atoms with van der Waals surface area (Å²) < 4.78 is 35.4. The second kappa shape index (κ2) is 5.93. The van der Waals surface area contributed by atoms with Crippen molar-refractivity contribution in [2.45, 2.75) is 18.9 Å². The van der Waals surface area contributed by atoms with Gasteiger partial charge in [-0.1, -0.05) is 0 Å². The molecule has 2 heterocycles. The molecule has 1 saturated carbocycles. The van der Waals surface area contributed by atoms with Gasteiger partial charge in [-0.15, -0.1) is 0 Å². The molecular formula is C16H21N5O4S. The Morgan fingerprint density at radius 2 is 1.88 bits per heavy atom. The molecule has 0 unspecified atom stereocenters. The summed E-state index contributed by atoms with van der Waals surface area (Å²) in [5, 5.41) is 14.3. The van der Waals surface area contributed by atoms with E-state index in [1.165, 1.54) is 0 Å². The Morgan fingerprint density at radius 1 is 1.23 bits per heavy atom. The molecule has 1 spiro atoms. The molecule has 2 aliphatic rings. The molecule has 1 aliphatic carbocycles. The number of benzene rings is 1. The van der Waals surface area contributed by atoms with Gasteiger partial charge in [0.05, 0.1) is 31.6 Å². The fraction of sp³-hybridized carbons (Fsp3) is 0.500. The highest BCUT2D eigenvalue weighted by Gasteiger charge is 2.53. The Hall–Kier alpha value is -2.17. The Bertz CT molecular complexity index is 951. The Balaban J connectivity index is 1.53. The molecule has 1 saturated heterocycles. The summed E-state index contributed by atoms with van der Waals surface area (Å²) in [5.41, 5.74) is 1.88. The molecule has 2 aromatic rings. The van der Waals surface area contributed by atoms with E-state index < -0.39 is 10.2 Å². The van der Waals surface area contributed by atoms with Gasteiger partial charge < -0.3 is 14.4 Å². The number of hydrogen-bond acceptors (Lipinski definition) is 7. The average Bonchev–Trinajstić information content (AvgIpc) is 2.53. The van der Waals surface area contributed by atoms with Crippen LogP contribution in [0.3, 0.4) is 0 Å². The summed E-state index contributed by atoms with van der Waals surface area (Å²) >= 11 is 0. The maximum atomic E-state index is 11.1. The van der Waals surface area contributed by atoms with Gasteiger partial charge in [0.2, 0.25) is 0 Å². The van der Waals surface area contributed by atoms with Crippen LogP contribution in [0.5, 0.6) is 11.5 Å². The van der Waals surface area contributed by atoms with Gasteiger partial charge >= 0.3 is 0 Å². The van der Waals surface area contributed by atoms with Crippen LogP contribution in [0.4, 0.5) is 5.69 Å². The predicted octanol–water partition coefficient (Wildman–Crippen LogP) is 0.409. The lowest BCUT2D eigenvalue weighted by Crippen LogP contribution is -2.67. The zero-order valence-electron chi connectivity index (χ0n) is 14.6. The van der Waals surface area contributed by atoms with E-state index in [9.17, 15) is 8.42 Å². The van der Waals surface area contributed by atoms with E-state index in [1.807, 2.05) is 12.1 Å². The number of aromatic nitrogens is 2. The van der Waals surface area contributed by atoms with Gasteiger partial charge in [0.15, 0.2) is 11.5 Å². The van der Waals surface area contributed by atoms with Crippen LogP contribution in [0.15, 0.2) is 18.3 Å². The van der Waals surface area contributed by atoms with Crippen molar-refractivity contribution in [3.05, 3.63) is 18.3 Å². The van der Waals surface area contributed by atoms with Gasteiger partial charge in [0.25, 0.3) is 10.2 Å². The van der Waals surface area contributed by atoms with E-state index in [2.05, 4.69) is 19.8 Å². The smallest absolute Gasteiger partial charge is 0.274 e. The number of nitrogens with two attached hydrogens (primary N) is 1. The zero-order chi connectivity index (χ0) is 18.5. The highest BCUT2D eigenvalue weighted by Crippen LogP contribution is 2.50. The number of anilines is 1. The van der Waals surface area contributed by atoms with Crippen molar-refractivity contribution in [2.24, 2.45) is 10.6 Å². The van der Waals surface area contributed by atoms with Gasteiger partial charge in [0, 0.05) is 36.0 Å². The second-order valence-electron chi connectivity index (χ2n) is 7.08. The number of fused-ring (bicyclic) bond motifs is 1. The van der Waals surface area contributed by atoms with Crippen LogP contribution in [0, 0.1) is 5.41 Å². The Morgan fingerprint density at radius 3 is 2.50 bits per heavy atom. The number of ether oxygens (including phenoxy) is 2. The lowest BCUT2D eigenvalue weighted by atomic mass is 9.61. The summed E-state index contributed by atoms with van der Waals surface area (Å²) in [6.07, 6.45) is 3.35. The van der Waals surface area contributed by atoms with E-state index >= 15 is 0 Å². The van der Waals surface area contributed by atoms with Crippen LogP contribution >= 0.6 is 0 Å². The number of methoxy groups -OCH3 is 2. The molecule has 0 atom stereocenters. The molecule has 1 aliphatic heterocycles. The SMILES string of the molecule is COc1cc2nncc(N3CC4(CC(NS(N)(=O)=O)C4)C3)c2cc1OC. The molecule has 140 valence electrons. The third kappa shape index (κ3) is 2.93. The van der Waals surface area contributed by atoms with E-state index in [4.69, 9.17) is 14.6 Å². The molecule has 2 fully saturated rings. The molecule has 1 aromatic heterocycles. The standard InChI is InChI=1S/C16H21N5O4S/c1-24-14-3-11-12(4-15(14)25-2)19-18-7-13(11)21-8-16(9-21)5-10(6-16)20-26(17,22)23/h3-4,7,10,20H,5-6,8-9H2,1-2H3,(H2,17,22,23). The van der Waals surface area contributed by atoms with Gasteiger partial charge in [-0.2, -0.15) is 23.3 Å². The maximum Gasteiger partial charge on any atom is 0.274 e. The summed E-state index contributed by atoms with van der Waals surface area (Å²) in [5.74, 6) is 1.26. The Kier molecular flexibility index (Phi) is 3.94. The molecule has 3 N–H and O–H groups in total. The van der Waals surface area contributed by atoms with E-state index in [-0.39, 0.29) is 11.5 Å². The first-order valence-electron chi connectivity index (χ1n) is 8.25. The molecule has 4 rings (SSSR count). The van der Waals surface area contributed by atoms with Crippen molar-refractivity contribution in [3.63, 3.8) is 0 Å². The topological polar surface area (TPSA) is 120 Å². The maximum absolute atomic E-state index is 11.1. The molecule has 0 amide bonds. The highest BCUT2D eigenvalue weighted by atomic mass is 32.2. The molecule has 0 radical (unpaired) electrons. The first-order valence-corrected chi connectivity index (χ1v) is 9.79. The molecule has 1 aromatic carbocycles. The second-order valence-corrected chi connectivity index (χ2v) is 8.40. The number of nitrogens with one attached hydrogen (secondary N) is 1. The van der Waals surface area contributed by atoms with Crippen LogP contribution in [-0.2, 0) is 10.2 Å². The zero-order valence-corrected chi connectivity index (χ0v) is 15.4. The quantitative estimate of drug-likeness (QED) is 0.772. The molecule has 0 bridgehead atoms. The van der Waals surface area contributed by atoms with Gasteiger partial charge in [0.1, 0.15) is 0 Å². The van der Waals surface area contributed by atoms with Crippen molar-refractivity contribution >= 4 is 26.8 Å². The van der Waals surface area contributed by atoms with Crippen molar-refractivity contribution in [1.29, 1.82) is 0 Å². The van der Waals surface area contributed by atoms with Crippen molar-refractivity contribution in [2.75, 3.05) is 32.2 Å². The van der Waals surface area contributed by atoms with Gasteiger partial charge in [-0.25, -0.2) is 5.14 Å². The van der Waals surface area contributed by atoms with Gasteiger partial charge in [-0.3, -0.25) is 0 Å². The van der Waals surface area contributed by atoms with Crippen molar-refractivity contribution in [3.8, 4) is 11.5 Å². The van der Waals surface area contributed by atoms with E-state index in [0.29, 0.717) is 11.5 Å². The first-order chi connectivity index (χ1) is 12.3. The highest BCUT2D eigenvalue weighted by molar-refractivity contribution is 7.87. The molecule has 10 heteroatoms. The molecular weight excluding hydrogens is 358 g/mol. The number of nitrogens with zero attached hydrogens (tertiary/aromatic N) is 3. The van der Waals surface area contributed by atoms with Crippen molar-refractivity contribution in [1.82, 2.24) is 14.9 Å². The fourth-order valence-corrected chi connectivity index (χ4v) is 4.75. The number of rotatable bonds is 5. The predicted molar refractivity (Wildman–Crippen MR) is 96.6 cm³/mol. The molecule has 9 nitrogen and oxygen atoms in total. The Labute approximate surface area is 151 Å². The third-order valence-electron chi connectivity index (χ3n) is 5.21. The monoisotopic (exact) mass is 379 g/mol. The minimum Gasteiger partial charge on any atom is -0.493 e. The first kappa shape index (κ1) is 17.3. The third-order valence-corrected chi connectivity index (χ3v) is 5.87. The minimum atomic E-state index is -3.63. The van der Waals surface area contributed by atoms with Crippen LogP contribution in [0.1, 0.15) is 12.8 Å². The summed E-state index contributed by atoms with van der Waals surface area (Å²) in [7, 11) is -0.448. The normalized spacial score (nSPS) is 19.3. The molecule has 26 heavy (non-hydrogen) atoms. The fourth-order valence-electron chi connectivity index (χ4n) is 4.12.